The largest absolute Gasteiger partial charge is 0.454 e. The summed E-state index contributed by atoms with van der Waals surface area (Å²) >= 11 is 5.88. The van der Waals surface area contributed by atoms with Gasteiger partial charge in [-0.3, -0.25) is 4.79 Å². The maximum absolute atomic E-state index is 12.1. The number of anilines is 1. The molecule has 2 aromatic rings. The molecule has 0 atom stereocenters. The lowest BCUT2D eigenvalue weighted by molar-refractivity contribution is 0.0951. The predicted molar refractivity (Wildman–Crippen MR) is 79.6 cm³/mol. The Labute approximate surface area is 126 Å². The van der Waals surface area contributed by atoms with Crippen molar-refractivity contribution in [2.45, 2.75) is 6.54 Å². The summed E-state index contributed by atoms with van der Waals surface area (Å²) in [7, 11) is 0. The number of ether oxygens (including phenoxy) is 2. The number of hydrogen-bond donors (Lipinski definition) is 2. The molecule has 1 amide bonds. The summed E-state index contributed by atoms with van der Waals surface area (Å²) in [6, 6.07) is 10.3. The van der Waals surface area contributed by atoms with Crippen molar-refractivity contribution in [1.29, 1.82) is 0 Å². The topological polar surface area (TPSA) is 73.6 Å². The molecule has 1 heterocycles. The van der Waals surface area contributed by atoms with E-state index in [9.17, 15) is 4.79 Å². The first-order valence-electron chi connectivity index (χ1n) is 6.35. The van der Waals surface area contributed by atoms with Crippen LogP contribution in [0.5, 0.6) is 11.5 Å². The summed E-state index contributed by atoms with van der Waals surface area (Å²) < 4.78 is 10.5. The zero-order valence-corrected chi connectivity index (χ0v) is 11.8. The number of carbonyl (C=O) groups is 1. The molecule has 5 nitrogen and oxygen atoms in total. The second-order valence-corrected chi connectivity index (χ2v) is 5.04. The highest BCUT2D eigenvalue weighted by Gasteiger charge is 2.14. The maximum Gasteiger partial charge on any atom is 0.253 e. The third-order valence-corrected chi connectivity index (χ3v) is 3.39. The van der Waals surface area contributed by atoms with Gasteiger partial charge in [0, 0.05) is 17.3 Å². The van der Waals surface area contributed by atoms with E-state index < -0.39 is 0 Å². The lowest BCUT2D eigenvalue weighted by atomic mass is 10.1. The molecule has 0 radical (unpaired) electrons. The van der Waals surface area contributed by atoms with Gasteiger partial charge in [-0.1, -0.05) is 17.7 Å². The molecular formula is C15H13ClN2O3. The molecule has 1 aliphatic rings. The minimum absolute atomic E-state index is 0.226. The smallest absolute Gasteiger partial charge is 0.253 e. The van der Waals surface area contributed by atoms with Gasteiger partial charge in [0.2, 0.25) is 6.79 Å². The van der Waals surface area contributed by atoms with Gasteiger partial charge in [-0.25, -0.2) is 0 Å². The molecule has 3 rings (SSSR count). The van der Waals surface area contributed by atoms with Crippen molar-refractivity contribution in [2.24, 2.45) is 0 Å². The van der Waals surface area contributed by atoms with Crippen molar-refractivity contribution in [2.75, 3.05) is 12.5 Å². The number of fused-ring (bicyclic) bond motifs is 1. The lowest BCUT2D eigenvalue weighted by Gasteiger charge is -2.08. The highest BCUT2D eigenvalue weighted by Crippen LogP contribution is 2.32. The highest BCUT2D eigenvalue weighted by atomic mass is 35.5. The Balaban J connectivity index is 1.70. The Bertz CT molecular complexity index is 703. The van der Waals surface area contributed by atoms with Gasteiger partial charge in [0.25, 0.3) is 5.91 Å². The molecule has 0 spiro atoms. The van der Waals surface area contributed by atoms with Crippen molar-refractivity contribution in [1.82, 2.24) is 5.32 Å². The number of nitrogens with one attached hydrogen (secondary N) is 1. The molecule has 0 saturated carbocycles. The maximum atomic E-state index is 12.1. The zero-order chi connectivity index (χ0) is 14.8. The van der Waals surface area contributed by atoms with E-state index in [4.69, 9.17) is 26.8 Å². The molecule has 0 unspecified atom stereocenters. The summed E-state index contributed by atoms with van der Waals surface area (Å²) in [6.07, 6.45) is 0. The summed E-state index contributed by atoms with van der Waals surface area (Å²) in [5.41, 5.74) is 7.44. The van der Waals surface area contributed by atoms with Crippen LogP contribution in [0.1, 0.15) is 15.9 Å². The van der Waals surface area contributed by atoms with Gasteiger partial charge in [-0.05, 0) is 35.9 Å². The second kappa shape index (κ2) is 5.54. The molecule has 0 bridgehead atoms. The van der Waals surface area contributed by atoms with Crippen LogP contribution in [0.2, 0.25) is 5.02 Å². The Hall–Kier alpha value is -2.40. The average Bonchev–Trinajstić information content (AvgIpc) is 2.94. The van der Waals surface area contributed by atoms with Crippen LogP contribution in [0.3, 0.4) is 0 Å². The Morgan fingerprint density at radius 3 is 2.86 bits per heavy atom. The van der Waals surface area contributed by atoms with Gasteiger partial charge in [-0.2, -0.15) is 0 Å². The average molecular weight is 305 g/mol. The van der Waals surface area contributed by atoms with Gasteiger partial charge >= 0.3 is 0 Å². The molecule has 3 N–H and O–H groups in total. The number of nitrogen functional groups attached to an aromatic ring is 1. The monoisotopic (exact) mass is 304 g/mol. The van der Waals surface area contributed by atoms with E-state index in [2.05, 4.69) is 5.32 Å². The van der Waals surface area contributed by atoms with Crippen molar-refractivity contribution < 1.29 is 14.3 Å². The van der Waals surface area contributed by atoms with E-state index in [0.29, 0.717) is 34.3 Å². The summed E-state index contributed by atoms with van der Waals surface area (Å²) in [6.45, 7) is 0.589. The Morgan fingerprint density at radius 2 is 2.00 bits per heavy atom. The fraction of sp³-hybridized carbons (Fsp3) is 0.133. The second-order valence-electron chi connectivity index (χ2n) is 4.60. The van der Waals surface area contributed by atoms with Gasteiger partial charge < -0.3 is 20.5 Å². The summed E-state index contributed by atoms with van der Waals surface area (Å²) in [4.78, 5) is 12.1. The van der Waals surface area contributed by atoms with Crippen LogP contribution in [0, 0.1) is 0 Å². The van der Waals surface area contributed by atoms with Crippen LogP contribution >= 0.6 is 11.6 Å². The molecule has 21 heavy (non-hydrogen) atoms. The third kappa shape index (κ3) is 2.87. The van der Waals surface area contributed by atoms with E-state index in [1.54, 1.807) is 18.2 Å². The van der Waals surface area contributed by atoms with Gasteiger partial charge in [0.15, 0.2) is 11.5 Å². The summed E-state index contributed by atoms with van der Waals surface area (Å²) in [5.74, 6) is 1.13. The van der Waals surface area contributed by atoms with Crippen LogP contribution in [-0.4, -0.2) is 12.7 Å². The first kappa shape index (κ1) is 13.6. The lowest BCUT2D eigenvalue weighted by Crippen LogP contribution is -2.23. The molecule has 0 aliphatic carbocycles. The third-order valence-electron chi connectivity index (χ3n) is 3.15. The molecular weight excluding hydrogens is 292 g/mol. The van der Waals surface area contributed by atoms with E-state index in [1.807, 2.05) is 18.2 Å². The van der Waals surface area contributed by atoms with Crippen molar-refractivity contribution in [3.63, 3.8) is 0 Å². The van der Waals surface area contributed by atoms with Crippen molar-refractivity contribution in [3.8, 4) is 11.5 Å². The van der Waals surface area contributed by atoms with E-state index in [1.165, 1.54) is 0 Å². The highest BCUT2D eigenvalue weighted by molar-refractivity contribution is 6.31. The molecule has 6 heteroatoms. The predicted octanol–water partition coefficient (Wildman–Crippen LogP) is 2.58. The number of rotatable bonds is 3. The normalized spacial score (nSPS) is 12.2. The first-order chi connectivity index (χ1) is 10.1. The number of amides is 1. The molecule has 2 aromatic carbocycles. The first-order valence-corrected chi connectivity index (χ1v) is 6.73. The number of halogens is 1. The Morgan fingerprint density at radius 1 is 1.19 bits per heavy atom. The zero-order valence-electron chi connectivity index (χ0n) is 11.1. The Kier molecular flexibility index (Phi) is 3.58. The van der Waals surface area contributed by atoms with Crippen LogP contribution in [-0.2, 0) is 6.54 Å². The molecule has 0 aromatic heterocycles. The molecule has 1 aliphatic heterocycles. The SMILES string of the molecule is Nc1ccc(Cl)cc1C(=O)NCc1ccc2c(c1)OCO2. The van der Waals surface area contributed by atoms with E-state index >= 15 is 0 Å². The van der Waals surface area contributed by atoms with Crippen molar-refractivity contribution in [3.05, 3.63) is 52.5 Å². The quantitative estimate of drug-likeness (QED) is 0.855. The van der Waals surface area contributed by atoms with Crippen LogP contribution < -0.4 is 20.5 Å². The molecule has 0 saturated heterocycles. The summed E-state index contributed by atoms with van der Waals surface area (Å²) in [5, 5.41) is 3.27. The number of benzene rings is 2. The van der Waals surface area contributed by atoms with Gasteiger partial charge in [-0.15, -0.1) is 0 Å². The molecule has 108 valence electrons. The number of carbonyl (C=O) groups excluding carboxylic acids is 1. The minimum Gasteiger partial charge on any atom is -0.454 e. The van der Waals surface area contributed by atoms with Gasteiger partial charge in [0.05, 0.1) is 5.56 Å². The minimum atomic E-state index is -0.271. The number of hydrogen-bond acceptors (Lipinski definition) is 4. The van der Waals surface area contributed by atoms with E-state index in [-0.39, 0.29) is 12.7 Å². The van der Waals surface area contributed by atoms with Gasteiger partial charge in [0.1, 0.15) is 0 Å². The fourth-order valence-electron chi connectivity index (χ4n) is 2.05. The molecule has 0 fully saturated rings. The van der Waals surface area contributed by atoms with Crippen LogP contribution in [0.4, 0.5) is 5.69 Å². The van der Waals surface area contributed by atoms with E-state index in [0.717, 1.165) is 5.56 Å². The number of nitrogens with two attached hydrogens (primary N) is 1. The van der Waals surface area contributed by atoms with Crippen molar-refractivity contribution >= 4 is 23.2 Å². The standard InChI is InChI=1S/C15H13ClN2O3/c16-10-2-3-12(17)11(6-10)15(19)18-7-9-1-4-13-14(5-9)21-8-20-13/h1-6H,7-8,17H2,(H,18,19). The fourth-order valence-corrected chi connectivity index (χ4v) is 2.23. The van der Waals surface area contributed by atoms with Crippen LogP contribution in [0.25, 0.3) is 0 Å². The van der Waals surface area contributed by atoms with Crippen LogP contribution in [0.15, 0.2) is 36.4 Å².